The minimum absolute atomic E-state index is 0. The van der Waals surface area contributed by atoms with Crippen molar-refractivity contribution in [2.75, 3.05) is 37.7 Å². The number of hydrogen-bond acceptors (Lipinski definition) is 4. The number of thiophene rings is 1. The number of guanidine groups is 1. The van der Waals surface area contributed by atoms with E-state index in [1.807, 2.05) is 29.3 Å². The number of halogens is 2. The van der Waals surface area contributed by atoms with Crippen LogP contribution >= 0.6 is 35.3 Å². The number of morpholine rings is 1. The molecule has 0 atom stereocenters. The Hall–Kier alpha value is -1.39. The Bertz CT molecular complexity index is 721. The fourth-order valence-electron chi connectivity index (χ4n) is 2.80. The minimum atomic E-state index is -0.189. The largest absolute Gasteiger partial charge is 0.378 e. The number of benzene rings is 1. The summed E-state index contributed by atoms with van der Waals surface area (Å²) in [6.45, 7) is 6.71. The van der Waals surface area contributed by atoms with Gasteiger partial charge < -0.3 is 20.3 Å². The van der Waals surface area contributed by atoms with Crippen LogP contribution in [0.4, 0.5) is 10.1 Å². The van der Waals surface area contributed by atoms with E-state index in [0.29, 0.717) is 32.0 Å². The molecule has 1 aromatic carbocycles. The van der Waals surface area contributed by atoms with Crippen LogP contribution < -0.4 is 15.5 Å². The summed E-state index contributed by atoms with van der Waals surface area (Å²) >= 11 is 1.67. The van der Waals surface area contributed by atoms with Crippen molar-refractivity contribution in [2.45, 2.75) is 20.0 Å². The van der Waals surface area contributed by atoms with Crippen molar-refractivity contribution in [1.29, 1.82) is 0 Å². The molecule has 5 nitrogen and oxygen atoms in total. The van der Waals surface area contributed by atoms with Crippen molar-refractivity contribution in [3.8, 4) is 0 Å². The van der Waals surface area contributed by atoms with E-state index in [4.69, 9.17) is 4.74 Å². The number of rotatable bonds is 6. The van der Waals surface area contributed by atoms with Crippen molar-refractivity contribution in [1.82, 2.24) is 10.6 Å². The quantitative estimate of drug-likeness (QED) is 0.359. The van der Waals surface area contributed by atoms with Gasteiger partial charge in [0.1, 0.15) is 5.82 Å². The third kappa shape index (κ3) is 6.62. The standard InChI is InChI=1S/C19H25FN4OS.HI/c1-2-21-19(23-13-16-5-10-26-14-16)22-12-15-3-4-18(17(20)11-15)24-6-8-25-9-7-24;/h3-5,10-11,14H,2,6-9,12-13H2,1H3,(H2,21,22,23);1H. The highest BCUT2D eigenvalue weighted by Crippen LogP contribution is 2.21. The lowest BCUT2D eigenvalue weighted by Gasteiger charge is -2.29. The van der Waals surface area contributed by atoms with Gasteiger partial charge in [-0.05, 0) is 47.0 Å². The van der Waals surface area contributed by atoms with Gasteiger partial charge >= 0.3 is 0 Å². The van der Waals surface area contributed by atoms with E-state index < -0.39 is 0 Å². The van der Waals surface area contributed by atoms with Crippen LogP contribution in [0.25, 0.3) is 0 Å². The molecule has 27 heavy (non-hydrogen) atoms. The van der Waals surface area contributed by atoms with Crippen molar-refractivity contribution >= 4 is 47.0 Å². The molecule has 8 heteroatoms. The number of aliphatic imine (C=N–C) groups is 1. The van der Waals surface area contributed by atoms with E-state index in [9.17, 15) is 4.39 Å². The van der Waals surface area contributed by atoms with Gasteiger partial charge in [-0.25, -0.2) is 9.38 Å². The molecule has 1 aromatic heterocycles. The number of ether oxygens (including phenoxy) is 1. The molecule has 3 rings (SSSR count). The molecule has 1 aliphatic rings. The van der Waals surface area contributed by atoms with E-state index >= 15 is 0 Å². The average Bonchev–Trinajstić information content (AvgIpc) is 3.18. The molecule has 0 spiro atoms. The maximum Gasteiger partial charge on any atom is 0.191 e. The van der Waals surface area contributed by atoms with Crippen molar-refractivity contribution in [3.63, 3.8) is 0 Å². The predicted molar refractivity (Wildman–Crippen MR) is 121 cm³/mol. The van der Waals surface area contributed by atoms with E-state index in [1.54, 1.807) is 17.4 Å². The molecule has 0 radical (unpaired) electrons. The Morgan fingerprint density at radius 1 is 1.22 bits per heavy atom. The van der Waals surface area contributed by atoms with Gasteiger partial charge in [0, 0.05) is 26.2 Å². The number of nitrogens with one attached hydrogen (secondary N) is 2. The highest BCUT2D eigenvalue weighted by atomic mass is 127. The zero-order valence-corrected chi connectivity index (χ0v) is 18.6. The zero-order chi connectivity index (χ0) is 18.2. The van der Waals surface area contributed by atoms with Crippen LogP contribution in [0.15, 0.2) is 40.0 Å². The van der Waals surface area contributed by atoms with Crippen LogP contribution in [-0.4, -0.2) is 38.8 Å². The fourth-order valence-corrected chi connectivity index (χ4v) is 3.46. The lowest BCUT2D eigenvalue weighted by molar-refractivity contribution is 0.122. The van der Waals surface area contributed by atoms with Gasteiger partial charge in [-0.3, -0.25) is 0 Å². The molecule has 2 aromatic rings. The van der Waals surface area contributed by atoms with E-state index in [0.717, 1.165) is 31.2 Å². The number of nitrogens with zero attached hydrogens (tertiary/aromatic N) is 2. The maximum atomic E-state index is 14.5. The van der Waals surface area contributed by atoms with Gasteiger partial charge in [-0.1, -0.05) is 6.07 Å². The zero-order valence-electron chi connectivity index (χ0n) is 15.4. The highest BCUT2D eigenvalue weighted by Gasteiger charge is 2.15. The monoisotopic (exact) mass is 504 g/mol. The van der Waals surface area contributed by atoms with E-state index in [2.05, 4.69) is 27.1 Å². The van der Waals surface area contributed by atoms with Crippen LogP contribution in [0.3, 0.4) is 0 Å². The van der Waals surface area contributed by atoms with Crippen LogP contribution in [0, 0.1) is 5.82 Å². The summed E-state index contributed by atoms with van der Waals surface area (Å²) in [5.74, 6) is 0.544. The SMILES string of the molecule is CCNC(=NCc1ccsc1)NCc1ccc(N2CCOCC2)c(F)c1.I. The third-order valence-electron chi connectivity index (χ3n) is 4.17. The van der Waals surface area contributed by atoms with Crippen LogP contribution in [-0.2, 0) is 17.8 Å². The summed E-state index contributed by atoms with van der Waals surface area (Å²) in [7, 11) is 0. The second-order valence-electron chi connectivity index (χ2n) is 6.07. The minimum Gasteiger partial charge on any atom is -0.378 e. The van der Waals surface area contributed by atoms with Crippen molar-refractivity contribution in [2.24, 2.45) is 4.99 Å². The number of hydrogen-bond donors (Lipinski definition) is 2. The first-order chi connectivity index (χ1) is 12.8. The van der Waals surface area contributed by atoms with Crippen LogP contribution in [0.2, 0.25) is 0 Å². The third-order valence-corrected chi connectivity index (χ3v) is 4.90. The smallest absolute Gasteiger partial charge is 0.191 e. The lowest BCUT2D eigenvalue weighted by Crippen LogP contribution is -2.37. The Labute approximate surface area is 181 Å². The molecule has 1 saturated heterocycles. The van der Waals surface area contributed by atoms with Gasteiger partial charge in [0.25, 0.3) is 0 Å². The molecule has 0 aliphatic carbocycles. The molecule has 2 heterocycles. The second-order valence-corrected chi connectivity index (χ2v) is 6.85. The molecule has 148 valence electrons. The first-order valence-corrected chi connectivity index (χ1v) is 9.85. The Morgan fingerprint density at radius 3 is 2.70 bits per heavy atom. The second kappa shape index (κ2) is 11.5. The first kappa shape index (κ1) is 21.9. The molecule has 1 fully saturated rings. The number of anilines is 1. The summed E-state index contributed by atoms with van der Waals surface area (Å²) in [5.41, 5.74) is 2.73. The molecule has 0 bridgehead atoms. The van der Waals surface area contributed by atoms with Crippen molar-refractivity contribution in [3.05, 3.63) is 52.0 Å². The summed E-state index contributed by atoms with van der Waals surface area (Å²) in [4.78, 5) is 6.60. The van der Waals surface area contributed by atoms with Crippen LogP contribution in [0.1, 0.15) is 18.1 Å². The fraction of sp³-hybridized carbons (Fsp3) is 0.421. The van der Waals surface area contributed by atoms with Crippen molar-refractivity contribution < 1.29 is 9.13 Å². The summed E-state index contributed by atoms with van der Waals surface area (Å²) in [6, 6.07) is 7.48. The summed E-state index contributed by atoms with van der Waals surface area (Å²) in [5, 5.41) is 10.6. The van der Waals surface area contributed by atoms with Gasteiger partial charge in [0.05, 0.1) is 25.4 Å². The summed E-state index contributed by atoms with van der Waals surface area (Å²) in [6.07, 6.45) is 0. The lowest BCUT2D eigenvalue weighted by atomic mass is 10.1. The Kier molecular flexibility index (Phi) is 9.29. The topological polar surface area (TPSA) is 48.9 Å². The Morgan fingerprint density at radius 2 is 2.04 bits per heavy atom. The van der Waals surface area contributed by atoms with Crippen LogP contribution in [0.5, 0.6) is 0 Å². The van der Waals surface area contributed by atoms with E-state index in [1.165, 1.54) is 5.56 Å². The molecule has 0 unspecified atom stereocenters. The van der Waals surface area contributed by atoms with Gasteiger partial charge in [-0.2, -0.15) is 11.3 Å². The molecule has 0 saturated carbocycles. The van der Waals surface area contributed by atoms with Gasteiger partial charge in [-0.15, -0.1) is 24.0 Å². The summed E-state index contributed by atoms with van der Waals surface area (Å²) < 4.78 is 19.8. The van der Waals surface area contributed by atoms with Gasteiger partial charge in [0.2, 0.25) is 0 Å². The van der Waals surface area contributed by atoms with E-state index in [-0.39, 0.29) is 29.8 Å². The molecule has 0 amide bonds. The molecular formula is C19H26FIN4OS. The molecular weight excluding hydrogens is 478 g/mol. The molecule has 2 N–H and O–H groups in total. The Balaban J connectivity index is 0.00000261. The normalized spacial score (nSPS) is 14.6. The maximum absolute atomic E-state index is 14.5. The molecule has 1 aliphatic heterocycles. The predicted octanol–water partition coefficient (Wildman–Crippen LogP) is 3.60. The average molecular weight is 504 g/mol. The first-order valence-electron chi connectivity index (χ1n) is 8.90. The highest BCUT2D eigenvalue weighted by molar-refractivity contribution is 14.0. The van der Waals surface area contributed by atoms with Gasteiger partial charge in [0.15, 0.2) is 5.96 Å².